The Hall–Kier alpha value is -4.28. The highest BCUT2D eigenvalue weighted by atomic mass is 16.6. The van der Waals surface area contributed by atoms with Crippen LogP contribution in [0.25, 0.3) is 10.9 Å². The van der Waals surface area contributed by atoms with Crippen LogP contribution in [0.2, 0.25) is 0 Å². The number of para-hydroxylation sites is 1. The van der Waals surface area contributed by atoms with Crippen LogP contribution in [0.5, 0.6) is 0 Å². The number of fused-ring (bicyclic) bond motifs is 1. The normalized spacial score (nSPS) is 11.6. The SMILES string of the molecule is Cc1cccc(C)c1NC(=O)CNC(=O)[C@@H](C)OC(=O)CCn1ncc2ccc([N+](=O)[O-])cc21. The number of amides is 2. The van der Waals surface area contributed by atoms with Gasteiger partial charge in [0.25, 0.3) is 11.6 Å². The Kier molecular flexibility index (Phi) is 7.57. The number of carbonyl (C=O) groups is 3. The number of aromatic nitrogens is 2. The van der Waals surface area contributed by atoms with Gasteiger partial charge in [0.2, 0.25) is 5.91 Å². The molecule has 1 atom stereocenters. The zero-order chi connectivity index (χ0) is 24.8. The van der Waals surface area contributed by atoms with E-state index in [0.29, 0.717) is 16.6 Å². The summed E-state index contributed by atoms with van der Waals surface area (Å²) in [7, 11) is 0. The Bertz CT molecular complexity index is 1230. The van der Waals surface area contributed by atoms with Gasteiger partial charge in [0, 0.05) is 23.2 Å². The molecule has 0 radical (unpaired) electrons. The number of nitro groups is 1. The lowest BCUT2D eigenvalue weighted by Crippen LogP contribution is -2.40. The minimum atomic E-state index is -1.10. The molecule has 34 heavy (non-hydrogen) atoms. The number of esters is 1. The number of hydrogen-bond donors (Lipinski definition) is 2. The van der Waals surface area contributed by atoms with Gasteiger partial charge in [0.15, 0.2) is 6.10 Å². The molecule has 2 N–H and O–H groups in total. The van der Waals surface area contributed by atoms with Crippen molar-refractivity contribution >= 4 is 40.1 Å². The van der Waals surface area contributed by atoms with Crippen molar-refractivity contribution in [1.29, 1.82) is 0 Å². The average molecular weight is 467 g/mol. The summed E-state index contributed by atoms with van der Waals surface area (Å²) in [6.45, 7) is 5.00. The standard InChI is InChI=1S/C23H25N5O6/c1-14-5-4-6-15(2)22(14)26-20(29)13-24-23(31)16(3)34-21(30)9-10-27-19-11-18(28(32)33)8-7-17(19)12-25-27/h4-8,11-12,16H,9-10,13H2,1-3H3,(H,24,31)(H,26,29)/t16-/m1/s1. The van der Waals surface area contributed by atoms with Crippen LogP contribution in [0.15, 0.2) is 42.6 Å². The molecule has 3 rings (SSSR count). The van der Waals surface area contributed by atoms with Gasteiger partial charge in [-0.2, -0.15) is 5.10 Å². The first-order valence-corrected chi connectivity index (χ1v) is 10.6. The zero-order valence-corrected chi connectivity index (χ0v) is 19.0. The summed E-state index contributed by atoms with van der Waals surface area (Å²) in [5.41, 5.74) is 2.94. The van der Waals surface area contributed by atoms with Crippen LogP contribution >= 0.6 is 0 Å². The van der Waals surface area contributed by atoms with Crippen molar-refractivity contribution in [3.05, 3.63) is 63.8 Å². The predicted molar refractivity (Wildman–Crippen MR) is 124 cm³/mol. The topological polar surface area (TPSA) is 145 Å². The van der Waals surface area contributed by atoms with Gasteiger partial charge in [-0.25, -0.2) is 0 Å². The van der Waals surface area contributed by atoms with E-state index in [1.807, 2.05) is 32.0 Å². The maximum atomic E-state index is 12.2. The van der Waals surface area contributed by atoms with Crippen molar-refractivity contribution in [1.82, 2.24) is 15.1 Å². The van der Waals surface area contributed by atoms with Gasteiger partial charge in [-0.05, 0) is 38.0 Å². The highest BCUT2D eigenvalue weighted by Crippen LogP contribution is 2.21. The summed E-state index contributed by atoms with van der Waals surface area (Å²) in [5, 5.41) is 21.0. The Morgan fingerprint density at radius 3 is 2.56 bits per heavy atom. The molecule has 0 saturated heterocycles. The monoisotopic (exact) mass is 467 g/mol. The van der Waals surface area contributed by atoms with Crippen LogP contribution in [0, 0.1) is 24.0 Å². The molecular weight excluding hydrogens is 442 g/mol. The molecule has 0 aliphatic heterocycles. The maximum Gasteiger partial charge on any atom is 0.308 e. The van der Waals surface area contributed by atoms with Gasteiger partial charge in [-0.15, -0.1) is 0 Å². The van der Waals surface area contributed by atoms with Crippen molar-refractivity contribution < 1.29 is 24.0 Å². The Morgan fingerprint density at radius 2 is 1.88 bits per heavy atom. The molecule has 11 nitrogen and oxygen atoms in total. The van der Waals surface area contributed by atoms with Crippen LogP contribution in [0.4, 0.5) is 11.4 Å². The second-order valence-corrected chi connectivity index (χ2v) is 7.78. The number of nitro benzene ring substituents is 1. The quantitative estimate of drug-likeness (QED) is 0.279. The number of benzene rings is 2. The summed E-state index contributed by atoms with van der Waals surface area (Å²) in [6.07, 6.45) is 0.351. The predicted octanol–water partition coefficient (Wildman–Crippen LogP) is 2.64. The van der Waals surface area contributed by atoms with Crippen molar-refractivity contribution in [2.75, 3.05) is 11.9 Å². The lowest BCUT2D eigenvalue weighted by molar-refractivity contribution is -0.384. The number of nitrogens with one attached hydrogen (secondary N) is 2. The molecule has 0 aliphatic carbocycles. The fraction of sp³-hybridized carbons (Fsp3) is 0.304. The van der Waals surface area contributed by atoms with E-state index in [0.717, 1.165) is 11.1 Å². The van der Waals surface area contributed by atoms with Crippen molar-refractivity contribution in [3.63, 3.8) is 0 Å². The number of aryl methyl sites for hydroxylation is 3. The molecule has 3 aromatic rings. The molecule has 178 valence electrons. The smallest absolute Gasteiger partial charge is 0.308 e. The molecule has 0 aliphatic rings. The fourth-order valence-electron chi connectivity index (χ4n) is 3.36. The molecule has 0 fully saturated rings. The number of hydrogen-bond acceptors (Lipinski definition) is 7. The van der Waals surface area contributed by atoms with Crippen LogP contribution in [-0.4, -0.2) is 45.1 Å². The summed E-state index contributed by atoms with van der Waals surface area (Å²) in [5.74, 6) is -1.65. The highest BCUT2D eigenvalue weighted by Gasteiger charge is 2.19. The van der Waals surface area contributed by atoms with E-state index in [-0.39, 0.29) is 25.2 Å². The van der Waals surface area contributed by atoms with Gasteiger partial charge in [0.05, 0.1) is 36.1 Å². The van der Waals surface area contributed by atoms with Crippen LogP contribution in [0.3, 0.4) is 0 Å². The third-order valence-electron chi connectivity index (χ3n) is 5.21. The lowest BCUT2D eigenvalue weighted by atomic mass is 10.1. The summed E-state index contributed by atoms with van der Waals surface area (Å²) < 4.78 is 6.61. The largest absolute Gasteiger partial charge is 0.452 e. The molecule has 0 bridgehead atoms. The maximum absolute atomic E-state index is 12.2. The number of nitrogens with zero attached hydrogens (tertiary/aromatic N) is 3. The van der Waals surface area contributed by atoms with E-state index in [1.165, 1.54) is 23.7 Å². The summed E-state index contributed by atoms with van der Waals surface area (Å²) in [4.78, 5) is 47.1. The minimum Gasteiger partial charge on any atom is -0.452 e. The third kappa shape index (κ3) is 5.94. The van der Waals surface area contributed by atoms with Crippen LogP contribution in [0.1, 0.15) is 24.5 Å². The average Bonchev–Trinajstić information content (AvgIpc) is 3.20. The van der Waals surface area contributed by atoms with Gasteiger partial charge in [0.1, 0.15) is 0 Å². The molecule has 2 aromatic carbocycles. The first-order chi connectivity index (χ1) is 16.2. The van der Waals surface area contributed by atoms with Crippen LogP contribution in [-0.2, 0) is 25.7 Å². The molecule has 0 spiro atoms. The number of anilines is 1. The van der Waals surface area contributed by atoms with E-state index in [1.54, 1.807) is 12.3 Å². The molecule has 2 amide bonds. The molecule has 0 saturated carbocycles. The van der Waals surface area contributed by atoms with Crippen molar-refractivity contribution in [3.8, 4) is 0 Å². The van der Waals surface area contributed by atoms with Gasteiger partial charge in [-0.1, -0.05) is 18.2 Å². The van der Waals surface area contributed by atoms with Gasteiger partial charge in [-0.3, -0.25) is 29.2 Å². The first-order valence-electron chi connectivity index (χ1n) is 10.6. The molecule has 0 unspecified atom stereocenters. The molecule has 1 aromatic heterocycles. The van der Waals surface area contributed by atoms with E-state index >= 15 is 0 Å². The van der Waals surface area contributed by atoms with Gasteiger partial charge >= 0.3 is 5.97 Å². The summed E-state index contributed by atoms with van der Waals surface area (Å²) >= 11 is 0. The zero-order valence-electron chi connectivity index (χ0n) is 19.0. The van der Waals surface area contributed by atoms with E-state index < -0.39 is 28.8 Å². The van der Waals surface area contributed by atoms with E-state index in [2.05, 4.69) is 15.7 Å². The number of carbonyl (C=O) groups excluding carboxylic acids is 3. The Labute approximate surface area is 195 Å². The second kappa shape index (κ2) is 10.6. The van der Waals surface area contributed by atoms with Crippen molar-refractivity contribution in [2.24, 2.45) is 0 Å². The highest BCUT2D eigenvalue weighted by molar-refractivity contribution is 5.96. The Morgan fingerprint density at radius 1 is 1.18 bits per heavy atom. The number of non-ortho nitro benzene ring substituents is 1. The van der Waals surface area contributed by atoms with E-state index in [9.17, 15) is 24.5 Å². The third-order valence-corrected chi connectivity index (χ3v) is 5.21. The van der Waals surface area contributed by atoms with Gasteiger partial charge < -0.3 is 15.4 Å². The summed E-state index contributed by atoms with van der Waals surface area (Å²) in [6, 6.07) is 9.97. The van der Waals surface area contributed by atoms with Crippen LogP contribution < -0.4 is 10.6 Å². The Balaban J connectivity index is 1.47. The lowest BCUT2D eigenvalue weighted by Gasteiger charge is -2.15. The molecule has 11 heteroatoms. The minimum absolute atomic E-state index is 0.0799. The number of rotatable bonds is 9. The second-order valence-electron chi connectivity index (χ2n) is 7.78. The van der Waals surface area contributed by atoms with E-state index in [4.69, 9.17) is 4.74 Å². The molecule has 1 heterocycles. The first kappa shape index (κ1) is 24.4. The fourth-order valence-corrected chi connectivity index (χ4v) is 3.36. The molecular formula is C23H25N5O6. The number of ether oxygens (including phenoxy) is 1. The van der Waals surface area contributed by atoms with Crippen molar-refractivity contribution in [2.45, 2.75) is 39.8 Å².